The van der Waals surface area contributed by atoms with Gasteiger partial charge in [-0.3, -0.25) is 0 Å². The molecule has 112 valence electrons. The highest BCUT2D eigenvalue weighted by molar-refractivity contribution is 5.85. The predicted molar refractivity (Wildman–Crippen MR) is 93.0 cm³/mol. The maximum absolute atomic E-state index is 4.19. The lowest BCUT2D eigenvalue weighted by molar-refractivity contribution is 0.714. The van der Waals surface area contributed by atoms with Crippen molar-refractivity contribution in [2.24, 2.45) is 11.0 Å². The molecule has 2 rings (SSSR count). The predicted octanol–water partition coefficient (Wildman–Crippen LogP) is 5.27. The van der Waals surface area contributed by atoms with Gasteiger partial charge in [0.15, 0.2) is 0 Å². The average molecular weight is 283 g/mol. The Morgan fingerprint density at radius 1 is 1.24 bits per heavy atom. The first kappa shape index (κ1) is 15.4. The second-order valence-electron chi connectivity index (χ2n) is 5.98. The maximum atomic E-state index is 4.19. The number of rotatable bonds is 5. The Morgan fingerprint density at radius 3 is 2.48 bits per heavy atom. The molecule has 21 heavy (non-hydrogen) atoms. The molecule has 0 amide bonds. The number of allylic oxidation sites excluding steroid dienone is 2. The van der Waals surface area contributed by atoms with Crippen LogP contribution in [0.4, 0.5) is 5.82 Å². The normalized spacial score (nSPS) is 12.4. The van der Waals surface area contributed by atoms with Crippen LogP contribution in [0.2, 0.25) is 0 Å². The van der Waals surface area contributed by atoms with E-state index in [-0.39, 0.29) is 0 Å². The fraction of sp³-hybridized carbons (Fsp3) is 0.389. The van der Waals surface area contributed by atoms with Gasteiger partial charge in [0, 0.05) is 23.3 Å². The van der Waals surface area contributed by atoms with E-state index in [4.69, 9.17) is 0 Å². The molecule has 0 atom stereocenters. The van der Waals surface area contributed by atoms with E-state index in [0.29, 0.717) is 11.8 Å². The summed E-state index contributed by atoms with van der Waals surface area (Å²) in [5.41, 5.74) is 3.61. The number of benzene rings is 1. The minimum atomic E-state index is 0.387. The number of fused-ring (bicyclic) bond motifs is 1. The zero-order valence-corrected chi connectivity index (χ0v) is 13.6. The van der Waals surface area contributed by atoms with Crippen LogP contribution in [-0.4, -0.2) is 11.7 Å². The minimum Gasteiger partial charge on any atom is -0.340 e. The molecule has 1 aromatic carbocycles. The molecule has 1 N–H and O–H groups in total. The average Bonchev–Trinajstić information content (AvgIpc) is 2.86. The lowest BCUT2D eigenvalue weighted by atomic mass is 10.0. The van der Waals surface area contributed by atoms with Gasteiger partial charge >= 0.3 is 0 Å². The molecular weight excluding hydrogens is 258 g/mol. The largest absolute Gasteiger partial charge is 0.340 e. The van der Waals surface area contributed by atoms with Gasteiger partial charge in [0.2, 0.25) is 0 Å². The Labute approximate surface area is 127 Å². The molecule has 0 saturated heterocycles. The van der Waals surface area contributed by atoms with Crippen LogP contribution in [0.5, 0.6) is 0 Å². The van der Waals surface area contributed by atoms with Crippen molar-refractivity contribution in [1.82, 2.24) is 4.98 Å². The van der Waals surface area contributed by atoms with Gasteiger partial charge in [0.05, 0.1) is 0 Å². The summed E-state index contributed by atoms with van der Waals surface area (Å²) < 4.78 is 0. The van der Waals surface area contributed by atoms with Crippen LogP contribution >= 0.6 is 0 Å². The Hall–Kier alpha value is -2.03. The molecular formula is C18H25N3. The molecule has 1 heterocycles. The van der Waals surface area contributed by atoms with Crippen molar-refractivity contribution >= 4 is 23.4 Å². The molecule has 0 saturated carbocycles. The molecule has 1 aromatic heterocycles. The van der Waals surface area contributed by atoms with E-state index < -0.39 is 0 Å². The summed E-state index contributed by atoms with van der Waals surface area (Å²) in [5.74, 6) is 1.88. The molecule has 2 aromatic rings. The Balaban J connectivity index is 2.48. The second kappa shape index (κ2) is 6.17. The third-order valence-electron chi connectivity index (χ3n) is 3.80. The summed E-state index contributed by atoms with van der Waals surface area (Å²) in [6, 6.07) is 8.70. The number of aromatic nitrogens is 1. The quantitative estimate of drug-likeness (QED) is 0.588. The summed E-state index contributed by atoms with van der Waals surface area (Å²) in [5, 5.41) is 7.29. The number of hydrogen-bond donors (Lipinski definition) is 1. The molecule has 3 nitrogen and oxygen atoms in total. The van der Waals surface area contributed by atoms with Crippen LogP contribution in [-0.2, 0) is 0 Å². The van der Waals surface area contributed by atoms with E-state index in [0.717, 1.165) is 17.0 Å². The number of anilines is 1. The number of hydrazone groups is 1. The third kappa shape index (κ3) is 3.02. The van der Waals surface area contributed by atoms with Crippen molar-refractivity contribution in [1.29, 1.82) is 0 Å². The zero-order valence-electron chi connectivity index (χ0n) is 13.6. The van der Waals surface area contributed by atoms with E-state index in [1.807, 2.05) is 11.9 Å². The van der Waals surface area contributed by atoms with Crippen molar-refractivity contribution in [3.63, 3.8) is 0 Å². The summed E-state index contributed by atoms with van der Waals surface area (Å²) in [7, 11) is 0. The standard InChI is InChI=1S/C18H25N3/c1-7-17(13(4)5)21(19-6)18-11-15-10-14(12(2)3)8-9-16(15)20-18/h7-13,20H,6H2,1-5H3/b17-7-. The Kier molecular flexibility index (Phi) is 4.51. The SMILES string of the molecule is C=NN(/C(=C\C)C(C)C)c1cc2cc(C(C)C)ccc2[nH]1. The number of nitrogens with one attached hydrogen (secondary N) is 1. The van der Waals surface area contributed by atoms with Crippen LogP contribution in [0.15, 0.2) is 41.1 Å². The monoisotopic (exact) mass is 283 g/mol. The highest BCUT2D eigenvalue weighted by atomic mass is 15.5. The van der Waals surface area contributed by atoms with Gasteiger partial charge in [0.1, 0.15) is 5.82 Å². The molecule has 0 spiro atoms. The fourth-order valence-electron chi connectivity index (χ4n) is 2.61. The second-order valence-corrected chi connectivity index (χ2v) is 5.98. The zero-order chi connectivity index (χ0) is 15.6. The van der Waals surface area contributed by atoms with Gasteiger partial charge in [-0.2, -0.15) is 5.10 Å². The highest BCUT2D eigenvalue weighted by Crippen LogP contribution is 2.29. The first-order valence-electron chi connectivity index (χ1n) is 7.53. The van der Waals surface area contributed by atoms with E-state index >= 15 is 0 Å². The molecule has 3 heteroatoms. The van der Waals surface area contributed by atoms with Gasteiger partial charge in [-0.05, 0) is 42.5 Å². The number of aromatic amines is 1. The van der Waals surface area contributed by atoms with Gasteiger partial charge in [-0.15, -0.1) is 0 Å². The van der Waals surface area contributed by atoms with Crippen molar-refractivity contribution in [3.8, 4) is 0 Å². The number of H-pyrrole nitrogens is 1. The topological polar surface area (TPSA) is 31.4 Å². The lowest BCUT2D eigenvalue weighted by Gasteiger charge is -2.22. The van der Waals surface area contributed by atoms with E-state index in [2.05, 4.69) is 74.8 Å². The first-order valence-corrected chi connectivity index (χ1v) is 7.53. The smallest absolute Gasteiger partial charge is 0.132 e. The van der Waals surface area contributed by atoms with Crippen molar-refractivity contribution < 1.29 is 0 Å². The van der Waals surface area contributed by atoms with Crippen molar-refractivity contribution in [2.75, 3.05) is 5.01 Å². The molecule has 0 aliphatic rings. The fourth-order valence-corrected chi connectivity index (χ4v) is 2.61. The van der Waals surface area contributed by atoms with Gasteiger partial charge < -0.3 is 4.98 Å². The maximum Gasteiger partial charge on any atom is 0.132 e. The summed E-state index contributed by atoms with van der Waals surface area (Å²) in [4.78, 5) is 3.43. The van der Waals surface area contributed by atoms with E-state index in [1.54, 1.807) is 0 Å². The van der Waals surface area contributed by atoms with Gasteiger partial charge in [-0.1, -0.05) is 39.8 Å². The lowest BCUT2D eigenvalue weighted by Crippen LogP contribution is -2.19. The van der Waals surface area contributed by atoms with Gasteiger partial charge in [-0.25, -0.2) is 5.01 Å². The van der Waals surface area contributed by atoms with Gasteiger partial charge in [0.25, 0.3) is 0 Å². The molecule has 0 fully saturated rings. The van der Waals surface area contributed by atoms with Crippen molar-refractivity contribution in [3.05, 3.63) is 41.6 Å². The Bertz CT molecular complexity index is 662. The van der Waals surface area contributed by atoms with Crippen molar-refractivity contribution in [2.45, 2.75) is 40.5 Å². The van der Waals surface area contributed by atoms with Crippen LogP contribution in [0, 0.1) is 5.92 Å². The van der Waals surface area contributed by atoms with Crippen LogP contribution in [0.1, 0.15) is 46.1 Å². The molecule has 0 radical (unpaired) electrons. The highest BCUT2D eigenvalue weighted by Gasteiger charge is 2.15. The summed E-state index contributed by atoms with van der Waals surface area (Å²) in [6.07, 6.45) is 2.09. The third-order valence-corrected chi connectivity index (χ3v) is 3.80. The first-order chi connectivity index (χ1) is 9.97. The summed E-state index contributed by atoms with van der Waals surface area (Å²) in [6.45, 7) is 14.5. The summed E-state index contributed by atoms with van der Waals surface area (Å²) >= 11 is 0. The molecule has 0 aliphatic carbocycles. The molecule has 0 aliphatic heterocycles. The number of hydrogen-bond acceptors (Lipinski definition) is 2. The molecule has 0 unspecified atom stereocenters. The van der Waals surface area contributed by atoms with E-state index in [9.17, 15) is 0 Å². The number of nitrogens with zero attached hydrogens (tertiary/aromatic N) is 2. The Morgan fingerprint density at radius 2 is 1.95 bits per heavy atom. The van der Waals surface area contributed by atoms with Crippen LogP contribution in [0.25, 0.3) is 10.9 Å². The molecule has 0 bridgehead atoms. The van der Waals surface area contributed by atoms with E-state index in [1.165, 1.54) is 10.9 Å². The van der Waals surface area contributed by atoms with Crippen LogP contribution < -0.4 is 5.01 Å². The van der Waals surface area contributed by atoms with Crippen LogP contribution in [0.3, 0.4) is 0 Å². The minimum absolute atomic E-state index is 0.387.